The average Bonchev–Trinajstić information content (AvgIpc) is 2.87. The highest BCUT2D eigenvalue weighted by Gasteiger charge is 2.49. The fourth-order valence-electron chi connectivity index (χ4n) is 1.15. The van der Waals surface area contributed by atoms with Gasteiger partial charge in [-0.05, 0) is 25.0 Å². The second-order valence-electron chi connectivity index (χ2n) is 3.25. The largest absolute Gasteiger partial charge is 0.432 e. The van der Waals surface area contributed by atoms with Crippen LogP contribution in [0.5, 0.6) is 5.75 Å². The second kappa shape index (κ2) is 2.98. The van der Waals surface area contributed by atoms with Crippen LogP contribution in [0.4, 0.5) is 8.78 Å². The second-order valence-corrected chi connectivity index (χ2v) is 3.25. The number of hydrogen-bond acceptors (Lipinski definition) is 1. The lowest BCUT2D eigenvalue weighted by atomic mass is 10.3. The maximum Gasteiger partial charge on any atom is 0.400 e. The van der Waals surface area contributed by atoms with Crippen LogP contribution in [0.3, 0.4) is 0 Å². The molecule has 1 aliphatic carbocycles. The zero-order valence-corrected chi connectivity index (χ0v) is 7.04. The van der Waals surface area contributed by atoms with E-state index in [1.807, 2.05) is 0 Å². The molecule has 1 fully saturated rings. The lowest BCUT2D eigenvalue weighted by molar-refractivity contribution is -0.192. The van der Waals surface area contributed by atoms with Crippen molar-refractivity contribution in [2.24, 2.45) is 5.92 Å². The van der Waals surface area contributed by atoms with E-state index in [9.17, 15) is 8.78 Å². The maximum atomic E-state index is 13.1. The van der Waals surface area contributed by atoms with Crippen LogP contribution in [-0.4, -0.2) is 6.11 Å². The Morgan fingerprint density at radius 2 is 1.77 bits per heavy atom. The summed E-state index contributed by atoms with van der Waals surface area (Å²) in [7, 11) is 0. The molecule has 0 bridgehead atoms. The third-order valence-corrected chi connectivity index (χ3v) is 2.05. The molecule has 1 aliphatic rings. The van der Waals surface area contributed by atoms with E-state index in [2.05, 4.69) is 4.74 Å². The van der Waals surface area contributed by atoms with Crippen LogP contribution in [0, 0.1) is 5.92 Å². The van der Waals surface area contributed by atoms with Crippen LogP contribution in [-0.2, 0) is 0 Å². The minimum absolute atomic E-state index is 0.236. The standard InChI is InChI=1S/C10H10F2O/c11-10(12,8-6-7-8)13-9-4-2-1-3-5-9/h1-5,8H,6-7H2. The van der Waals surface area contributed by atoms with Crippen molar-refractivity contribution in [1.29, 1.82) is 0 Å². The van der Waals surface area contributed by atoms with Crippen molar-refractivity contribution in [2.75, 3.05) is 0 Å². The summed E-state index contributed by atoms with van der Waals surface area (Å²) in [5.41, 5.74) is 0. The number of para-hydroxylation sites is 1. The minimum Gasteiger partial charge on any atom is -0.432 e. The minimum atomic E-state index is -2.98. The van der Waals surface area contributed by atoms with E-state index in [-0.39, 0.29) is 5.75 Å². The quantitative estimate of drug-likeness (QED) is 0.701. The van der Waals surface area contributed by atoms with Gasteiger partial charge in [-0.2, -0.15) is 8.78 Å². The van der Waals surface area contributed by atoms with Crippen LogP contribution in [0.2, 0.25) is 0 Å². The van der Waals surface area contributed by atoms with Gasteiger partial charge in [0.1, 0.15) is 5.75 Å². The molecule has 1 saturated carbocycles. The molecular weight excluding hydrogens is 174 g/mol. The Labute approximate surface area is 75.3 Å². The highest BCUT2D eigenvalue weighted by Crippen LogP contribution is 2.44. The van der Waals surface area contributed by atoms with E-state index >= 15 is 0 Å². The lowest BCUT2D eigenvalue weighted by Crippen LogP contribution is -2.27. The maximum absolute atomic E-state index is 13.1. The molecule has 3 heteroatoms. The number of benzene rings is 1. The van der Waals surface area contributed by atoms with Crippen molar-refractivity contribution in [3.63, 3.8) is 0 Å². The van der Waals surface area contributed by atoms with E-state index < -0.39 is 12.0 Å². The fourth-order valence-corrected chi connectivity index (χ4v) is 1.15. The normalized spacial score (nSPS) is 17.1. The molecule has 1 nitrogen and oxygen atoms in total. The van der Waals surface area contributed by atoms with Crippen molar-refractivity contribution >= 4 is 0 Å². The molecule has 1 aromatic carbocycles. The molecule has 0 heterocycles. The zero-order valence-electron chi connectivity index (χ0n) is 7.04. The molecule has 70 valence electrons. The van der Waals surface area contributed by atoms with Crippen molar-refractivity contribution in [1.82, 2.24) is 0 Å². The first-order valence-corrected chi connectivity index (χ1v) is 4.30. The Morgan fingerprint density at radius 1 is 1.15 bits per heavy atom. The van der Waals surface area contributed by atoms with Crippen LogP contribution in [0.25, 0.3) is 0 Å². The molecular formula is C10H10F2O. The topological polar surface area (TPSA) is 9.23 Å². The van der Waals surface area contributed by atoms with Gasteiger partial charge in [-0.15, -0.1) is 0 Å². The number of halogens is 2. The van der Waals surface area contributed by atoms with Crippen LogP contribution in [0.15, 0.2) is 30.3 Å². The Balaban J connectivity index is 2.04. The summed E-state index contributed by atoms with van der Waals surface area (Å²) in [6, 6.07) is 8.20. The SMILES string of the molecule is FC(F)(Oc1ccccc1)C1CC1. The highest BCUT2D eigenvalue weighted by atomic mass is 19.3. The van der Waals surface area contributed by atoms with Crippen molar-refractivity contribution in [3.8, 4) is 5.75 Å². The van der Waals surface area contributed by atoms with Gasteiger partial charge in [-0.1, -0.05) is 18.2 Å². The zero-order chi connectivity index (χ0) is 9.31. The van der Waals surface area contributed by atoms with Gasteiger partial charge in [-0.3, -0.25) is 0 Å². The highest BCUT2D eigenvalue weighted by molar-refractivity contribution is 5.21. The number of rotatable bonds is 3. The van der Waals surface area contributed by atoms with E-state index in [0.29, 0.717) is 12.8 Å². The van der Waals surface area contributed by atoms with Crippen molar-refractivity contribution in [2.45, 2.75) is 19.0 Å². The van der Waals surface area contributed by atoms with Gasteiger partial charge >= 0.3 is 6.11 Å². The first kappa shape index (κ1) is 8.48. The van der Waals surface area contributed by atoms with Gasteiger partial charge < -0.3 is 4.74 Å². The van der Waals surface area contributed by atoms with Gasteiger partial charge in [-0.25, -0.2) is 0 Å². The summed E-state index contributed by atoms with van der Waals surface area (Å²) in [4.78, 5) is 0. The molecule has 13 heavy (non-hydrogen) atoms. The van der Waals surface area contributed by atoms with E-state index in [1.54, 1.807) is 18.2 Å². The number of ether oxygens (including phenoxy) is 1. The molecule has 0 spiro atoms. The smallest absolute Gasteiger partial charge is 0.400 e. The van der Waals surface area contributed by atoms with Crippen molar-refractivity contribution in [3.05, 3.63) is 30.3 Å². The van der Waals surface area contributed by atoms with Crippen molar-refractivity contribution < 1.29 is 13.5 Å². The molecule has 0 aliphatic heterocycles. The van der Waals surface area contributed by atoms with Crippen LogP contribution in [0.1, 0.15) is 12.8 Å². The Hall–Kier alpha value is -1.12. The Kier molecular flexibility index (Phi) is 1.94. The third-order valence-electron chi connectivity index (χ3n) is 2.05. The molecule has 0 unspecified atom stereocenters. The van der Waals surface area contributed by atoms with E-state index in [4.69, 9.17) is 0 Å². The summed E-state index contributed by atoms with van der Waals surface area (Å²) < 4.78 is 30.7. The molecule has 0 amide bonds. The summed E-state index contributed by atoms with van der Waals surface area (Å²) in [5, 5.41) is 0. The summed E-state index contributed by atoms with van der Waals surface area (Å²) in [6.07, 6.45) is -1.85. The van der Waals surface area contributed by atoms with Gasteiger partial charge in [0.25, 0.3) is 0 Å². The van der Waals surface area contributed by atoms with Crippen LogP contribution >= 0.6 is 0 Å². The number of alkyl halides is 2. The van der Waals surface area contributed by atoms with E-state index in [1.165, 1.54) is 12.1 Å². The first-order valence-electron chi connectivity index (χ1n) is 4.30. The lowest BCUT2D eigenvalue weighted by Gasteiger charge is -2.16. The summed E-state index contributed by atoms with van der Waals surface area (Å²) in [6.45, 7) is 0. The van der Waals surface area contributed by atoms with E-state index in [0.717, 1.165) is 0 Å². The summed E-state index contributed by atoms with van der Waals surface area (Å²) >= 11 is 0. The van der Waals surface area contributed by atoms with Gasteiger partial charge in [0, 0.05) is 0 Å². The molecule has 0 radical (unpaired) electrons. The monoisotopic (exact) mass is 184 g/mol. The van der Waals surface area contributed by atoms with Crippen LogP contribution < -0.4 is 4.74 Å². The average molecular weight is 184 g/mol. The number of hydrogen-bond donors (Lipinski definition) is 0. The fraction of sp³-hybridized carbons (Fsp3) is 0.400. The van der Waals surface area contributed by atoms with Gasteiger partial charge in [0.15, 0.2) is 0 Å². The molecule has 1 aromatic rings. The van der Waals surface area contributed by atoms with Gasteiger partial charge in [0.2, 0.25) is 0 Å². The molecule has 0 saturated heterocycles. The molecule has 0 aromatic heterocycles. The Bertz CT molecular complexity index is 280. The predicted molar refractivity (Wildman–Crippen MR) is 44.7 cm³/mol. The molecule has 0 atom stereocenters. The molecule has 0 N–H and O–H groups in total. The Morgan fingerprint density at radius 3 is 2.31 bits per heavy atom. The predicted octanol–water partition coefficient (Wildman–Crippen LogP) is 3.07. The van der Waals surface area contributed by atoms with Gasteiger partial charge in [0.05, 0.1) is 5.92 Å². The third kappa shape index (κ3) is 1.97. The molecule has 2 rings (SSSR count). The summed E-state index contributed by atoms with van der Waals surface area (Å²) in [5.74, 6) is -0.341. The first-order chi connectivity index (χ1) is 6.18.